The number of nitrogens with two attached hydrogens (primary N) is 1. The van der Waals surface area contributed by atoms with Crippen LogP contribution in [0.3, 0.4) is 0 Å². The fourth-order valence-electron chi connectivity index (χ4n) is 1.30. The molecule has 0 radical (unpaired) electrons. The Kier molecular flexibility index (Phi) is 4.50. The van der Waals surface area contributed by atoms with Crippen molar-refractivity contribution in [1.82, 2.24) is 0 Å². The van der Waals surface area contributed by atoms with Gasteiger partial charge in [0.05, 0.1) is 5.56 Å². The van der Waals surface area contributed by atoms with Gasteiger partial charge in [0, 0.05) is 4.90 Å². The Balaban J connectivity index is 3.13. The first-order valence-electron chi connectivity index (χ1n) is 5.02. The second-order valence-electron chi connectivity index (χ2n) is 3.55. The van der Waals surface area contributed by atoms with Crippen LogP contribution in [-0.4, -0.2) is 24.4 Å². The molecule has 0 aliphatic heterocycles. The molecule has 0 amide bonds. The molecule has 0 aliphatic carbocycles. The van der Waals surface area contributed by atoms with Gasteiger partial charge in [-0.25, -0.2) is 0 Å². The molecule has 0 fully saturated rings. The number of hydrogen-bond donors (Lipinski definition) is 2. The second-order valence-corrected chi connectivity index (χ2v) is 4.40. The van der Waals surface area contributed by atoms with Crippen molar-refractivity contribution in [3.63, 3.8) is 0 Å². The van der Waals surface area contributed by atoms with Crippen molar-refractivity contribution in [1.29, 1.82) is 5.41 Å². The SMILES string of the molecule is CSc1cccc(OC(C)C(F)(F)F)c1C(=N)N. The Morgan fingerprint density at radius 3 is 2.50 bits per heavy atom. The fourth-order valence-corrected chi connectivity index (χ4v) is 1.93. The summed E-state index contributed by atoms with van der Waals surface area (Å²) in [4.78, 5) is 0.606. The first kappa shape index (κ1) is 14.7. The lowest BCUT2D eigenvalue weighted by Crippen LogP contribution is -2.32. The van der Waals surface area contributed by atoms with Crippen LogP contribution in [0.2, 0.25) is 0 Å². The summed E-state index contributed by atoms with van der Waals surface area (Å²) in [5.41, 5.74) is 5.58. The molecule has 100 valence electrons. The zero-order chi connectivity index (χ0) is 13.9. The van der Waals surface area contributed by atoms with Gasteiger partial charge in [-0.2, -0.15) is 13.2 Å². The summed E-state index contributed by atoms with van der Waals surface area (Å²) in [5, 5.41) is 7.42. The molecular weight excluding hydrogens is 265 g/mol. The molecule has 0 saturated heterocycles. The van der Waals surface area contributed by atoms with Crippen LogP contribution in [0.15, 0.2) is 23.1 Å². The van der Waals surface area contributed by atoms with Gasteiger partial charge in [0.25, 0.3) is 0 Å². The third-order valence-corrected chi connectivity index (χ3v) is 3.02. The topological polar surface area (TPSA) is 59.1 Å². The van der Waals surface area contributed by atoms with E-state index in [2.05, 4.69) is 0 Å². The molecule has 0 heterocycles. The molecule has 0 saturated carbocycles. The summed E-state index contributed by atoms with van der Waals surface area (Å²) in [6.07, 6.45) is -4.66. The molecule has 0 spiro atoms. The molecule has 1 aromatic carbocycles. The number of nitrogen functional groups attached to an aromatic ring is 1. The monoisotopic (exact) mass is 278 g/mol. The molecule has 0 aromatic heterocycles. The number of amidine groups is 1. The Bertz CT molecular complexity index is 448. The van der Waals surface area contributed by atoms with E-state index in [0.29, 0.717) is 4.90 Å². The number of ether oxygens (including phenoxy) is 1. The van der Waals surface area contributed by atoms with Crippen LogP contribution in [0.1, 0.15) is 12.5 Å². The van der Waals surface area contributed by atoms with Crippen molar-refractivity contribution in [3.8, 4) is 5.75 Å². The normalized spacial score (nSPS) is 13.2. The van der Waals surface area contributed by atoms with Crippen molar-refractivity contribution < 1.29 is 17.9 Å². The van der Waals surface area contributed by atoms with Crippen LogP contribution >= 0.6 is 11.8 Å². The Hall–Kier alpha value is -1.37. The first-order chi connectivity index (χ1) is 8.27. The van der Waals surface area contributed by atoms with Gasteiger partial charge in [0.15, 0.2) is 6.10 Å². The summed E-state index contributed by atoms with van der Waals surface area (Å²) >= 11 is 1.29. The molecule has 1 atom stereocenters. The van der Waals surface area contributed by atoms with Crippen LogP contribution in [-0.2, 0) is 0 Å². The molecule has 18 heavy (non-hydrogen) atoms. The number of nitrogens with one attached hydrogen (secondary N) is 1. The van der Waals surface area contributed by atoms with E-state index >= 15 is 0 Å². The van der Waals surface area contributed by atoms with Gasteiger partial charge in [-0.3, -0.25) is 5.41 Å². The van der Waals surface area contributed by atoms with Crippen molar-refractivity contribution >= 4 is 17.6 Å². The predicted octanol–water partition coefficient (Wildman–Crippen LogP) is 3.02. The number of benzene rings is 1. The summed E-state index contributed by atoms with van der Waals surface area (Å²) in [7, 11) is 0. The van der Waals surface area contributed by atoms with E-state index in [1.165, 1.54) is 17.8 Å². The number of hydrogen-bond acceptors (Lipinski definition) is 3. The zero-order valence-corrected chi connectivity index (χ0v) is 10.7. The fraction of sp³-hybridized carbons (Fsp3) is 0.364. The van der Waals surface area contributed by atoms with E-state index in [-0.39, 0.29) is 17.1 Å². The highest BCUT2D eigenvalue weighted by molar-refractivity contribution is 7.98. The predicted molar refractivity (Wildman–Crippen MR) is 65.4 cm³/mol. The van der Waals surface area contributed by atoms with Gasteiger partial charge in [-0.15, -0.1) is 11.8 Å². The van der Waals surface area contributed by atoms with E-state index < -0.39 is 12.3 Å². The molecular formula is C11H13F3N2OS. The van der Waals surface area contributed by atoms with Crippen LogP contribution in [0, 0.1) is 5.41 Å². The smallest absolute Gasteiger partial charge is 0.425 e. The van der Waals surface area contributed by atoms with Crippen LogP contribution in [0.5, 0.6) is 5.75 Å². The lowest BCUT2D eigenvalue weighted by molar-refractivity contribution is -0.189. The third-order valence-electron chi connectivity index (χ3n) is 2.24. The zero-order valence-electron chi connectivity index (χ0n) is 9.84. The average molecular weight is 278 g/mol. The maximum Gasteiger partial charge on any atom is 0.425 e. The van der Waals surface area contributed by atoms with Gasteiger partial charge < -0.3 is 10.5 Å². The van der Waals surface area contributed by atoms with Gasteiger partial charge in [-0.05, 0) is 25.3 Å². The molecule has 1 rings (SSSR count). The van der Waals surface area contributed by atoms with Crippen LogP contribution < -0.4 is 10.5 Å². The van der Waals surface area contributed by atoms with Crippen molar-refractivity contribution in [2.24, 2.45) is 5.73 Å². The Morgan fingerprint density at radius 1 is 1.44 bits per heavy atom. The van der Waals surface area contributed by atoms with E-state index in [1.54, 1.807) is 18.4 Å². The van der Waals surface area contributed by atoms with Gasteiger partial charge in [0.2, 0.25) is 0 Å². The number of thioether (sulfide) groups is 1. The molecule has 1 aromatic rings. The lowest BCUT2D eigenvalue weighted by Gasteiger charge is -2.20. The highest BCUT2D eigenvalue weighted by atomic mass is 32.2. The number of rotatable bonds is 4. The van der Waals surface area contributed by atoms with Crippen LogP contribution in [0.25, 0.3) is 0 Å². The van der Waals surface area contributed by atoms with E-state index in [4.69, 9.17) is 15.9 Å². The minimum Gasteiger partial charge on any atom is -0.480 e. The molecule has 7 heteroatoms. The lowest BCUT2D eigenvalue weighted by atomic mass is 10.2. The quantitative estimate of drug-likeness (QED) is 0.505. The van der Waals surface area contributed by atoms with E-state index in [0.717, 1.165) is 6.92 Å². The molecule has 0 aliphatic rings. The molecule has 0 bridgehead atoms. The standard InChI is InChI=1S/C11H13F3N2OS/c1-6(11(12,13)14)17-7-4-3-5-8(18-2)9(7)10(15)16/h3-6H,1-2H3,(H3,15,16). The second kappa shape index (κ2) is 5.51. The average Bonchev–Trinajstić information content (AvgIpc) is 2.26. The first-order valence-corrected chi connectivity index (χ1v) is 6.24. The van der Waals surface area contributed by atoms with E-state index in [9.17, 15) is 13.2 Å². The maximum absolute atomic E-state index is 12.4. The Morgan fingerprint density at radius 2 is 2.06 bits per heavy atom. The highest BCUT2D eigenvalue weighted by Gasteiger charge is 2.38. The largest absolute Gasteiger partial charge is 0.480 e. The van der Waals surface area contributed by atoms with Gasteiger partial charge >= 0.3 is 6.18 Å². The molecule has 3 N–H and O–H groups in total. The minimum atomic E-state index is -4.45. The Labute approximate surface area is 107 Å². The maximum atomic E-state index is 12.4. The molecule has 1 unspecified atom stereocenters. The van der Waals surface area contributed by atoms with Crippen LogP contribution in [0.4, 0.5) is 13.2 Å². The number of alkyl halides is 3. The summed E-state index contributed by atoms with van der Waals surface area (Å²) in [5.74, 6) is -0.344. The van der Waals surface area contributed by atoms with Crippen molar-refractivity contribution in [2.45, 2.75) is 24.1 Å². The third kappa shape index (κ3) is 3.32. The van der Waals surface area contributed by atoms with Crippen molar-refractivity contribution in [2.75, 3.05) is 6.26 Å². The molecule has 3 nitrogen and oxygen atoms in total. The van der Waals surface area contributed by atoms with Crippen molar-refractivity contribution in [3.05, 3.63) is 23.8 Å². The number of halogens is 3. The highest BCUT2D eigenvalue weighted by Crippen LogP contribution is 2.31. The minimum absolute atomic E-state index is 0.0285. The summed E-state index contributed by atoms with van der Waals surface area (Å²) in [6.45, 7) is 0.912. The van der Waals surface area contributed by atoms with Gasteiger partial charge in [0.1, 0.15) is 11.6 Å². The summed E-state index contributed by atoms with van der Waals surface area (Å²) in [6, 6.07) is 4.61. The van der Waals surface area contributed by atoms with E-state index in [1.807, 2.05) is 0 Å². The summed E-state index contributed by atoms with van der Waals surface area (Å²) < 4.78 is 42.2. The van der Waals surface area contributed by atoms with Gasteiger partial charge in [-0.1, -0.05) is 6.07 Å².